The lowest BCUT2D eigenvalue weighted by Crippen LogP contribution is -2.52. The standard InChI is InChI=1S/C15H13N3O4/c19-12-6-5-11(15(22)18-12)17-14(21)9-7-13(20)16-10-4-2-1-3-8(9)10/h1-4,7,11H,5-6H2,(H,16,20)(H,17,21)(H,18,19,22). The third-order valence-electron chi connectivity index (χ3n) is 3.54. The van der Waals surface area contributed by atoms with Gasteiger partial charge in [0.05, 0.1) is 5.56 Å². The van der Waals surface area contributed by atoms with E-state index in [1.165, 1.54) is 6.07 Å². The zero-order valence-corrected chi connectivity index (χ0v) is 11.5. The minimum absolute atomic E-state index is 0.173. The molecule has 1 aliphatic rings. The molecule has 1 aliphatic heterocycles. The number of amides is 3. The molecule has 1 fully saturated rings. The Morgan fingerprint density at radius 2 is 1.95 bits per heavy atom. The minimum Gasteiger partial charge on any atom is -0.340 e. The van der Waals surface area contributed by atoms with Crippen LogP contribution in [0.25, 0.3) is 10.9 Å². The topological polar surface area (TPSA) is 108 Å². The van der Waals surface area contributed by atoms with Crippen LogP contribution in [0.3, 0.4) is 0 Å². The Morgan fingerprint density at radius 1 is 1.18 bits per heavy atom. The number of carbonyl (C=O) groups is 3. The zero-order valence-electron chi connectivity index (χ0n) is 11.5. The summed E-state index contributed by atoms with van der Waals surface area (Å²) < 4.78 is 0. The Bertz CT molecular complexity index is 840. The molecule has 7 nitrogen and oxygen atoms in total. The van der Waals surface area contributed by atoms with Crippen LogP contribution in [0, 0.1) is 0 Å². The van der Waals surface area contributed by atoms with Gasteiger partial charge in [-0.25, -0.2) is 0 Å². The van der Waals surface area contributed by atoms with E-state index < -0.39 is 23.4 Å². The van der Waals surface area contributed by atoms with Crippen LogP contribution in [-0.4, -0.2) is 28.7 Å². The first-order valence-electron chi connectivity index (χ1n) is 6.81. The number of benzene rings is 1. The van der Waals surface area contributed by atoms with Crippen LogP contribution in [0.5, 0.6) is 0 Å². The van der Waals surface area contributed by atoms with Gasteiger partial charge in [-0.05, 0) is 12.5 Å². The fourth-order valence-corrected chi connectivity index (χ4v) is 2.46. The molecule has 112 valence electrons. The van der Waals surface area contributed by atoms with Gasteiger partial charge in [0.1, 0.15) is 6.04 Å². The molecule has 0 bridgehead atoms. The lowest BCUT2D eigenvalue weighted by molar-refractivity contribution is -0.134. The first-order chi connectivity index (χ1) is 10.5. The van der Waals surface area contributed by atoms with Gasteiger partial charge in [-0.3, -0.25) is 24.5 Å². The fourth-order valence-electron chi connectivity index (χ4n) is 2.46. The van der Waals surface area contributed by atoms with Crippen LogP contribution in [0.4, 0.5) is 0 Å². The number of aromatic amines is 1. The normalized spacial score (nSPS) is 18.1. The molecule has 3 rings (SSSR count). The van der Waals surface area contributed by atoms with Crippen molar-refractivity contribution >= 4 is 28.6 Å². The van der Waals surface area contributed by atoms with E-state index in [0.717, 1.165) is 0 Å². The largest absolute Gasteiger partial charge is 0.340 e. The Balaban J connectivity index is 1.91. The maximum Gasteiger partial charge on any atom is 0.252 e. The van der Waals surface area contributed by atoms with Gasteiger partial charge >= 0.3 is 0 Å². The van der Waals surface area contributed by atoms with Gasteiger partial charge < -0.3 is 10.3 Å². The van der Waals surface area contributed by atoms with E-state index in [1.54, 1.807) is 24.3 Å². The van der Waals surface area contributed by atoms with Crippen LogP contribution in [0.1, 0.15) is 23.2 Å². The molecule has 3 amide bonds. The van der Waals surface area contributed by atoms with Crippen molar-refractivity contribution in [3.63, 3.8) is 0 Å². The molecule has 1 saturated heterocycles. The molecule has 1 unspecified atom stereocenters. The SMILES string of the molecule is O=C1CCC(NC(=O)c2cc(=O)[nH]c3ccccc23)C(=O)N1. The Morgan fingerprint density at radius 3 is 2.73 bits per heavy atom. The molecule has 1 aromatic carbocycles. The monoisotopic (exact) mass is 299 g/mol. The van der Waals surface area contributed by atoms with Crippen molar-refractivity contribution in [3.05, 3.63) is 46.2 Å². The smallest absolute Gasteiger partial charge is 0.252 e. The van der Waals surface area contributed by atoms with Crippen molar-refractivity contribution < 1.29 is 14.4 Å². The van der Waals surface area contributed by atoms with Crippen LogP contribution in [0.15, 0.2) is 35.1 Å². The summed E-state index contributed by atoms with van der Waals surface area (Å²) >= 11 is 0. The second-order valence-electron chi connectivity index (χ2n) is 5.07. The van der Waals surface area contributed by atoms with Crippen molar-refractivity contribution in [3.8, 4) is 0 Å². The number of pyridine rings is 1. The fraction of sp³-hybridized carbons (Fsp3) is 0.200. The molecule has 0 saturated carbocycles. The summed E-state index contributed by atoms with van der Waals surface area (Å²) in [6.45, 7) is 0. The van der Waals surface area contributed by atoms with Gasteiger partial charge in [-0.1, -0.05) is 18.2 Å². The highest BCUT2D eigenvalue weighted by molar-refractivity contribution is 6.08. The van der Waals surface area contributed by atoms with E-state index >= 15 is 0 Å². The highest BCUT2D eigenvalue weighted by Gasteiger charge is 2.28. The number of aromatic nitrogens is 1. The number of piperidine rings is 1. The Hall–Kier alpha value is -2.96. The number of H-pyrrole nitrogens is 1. The summed E-state index contributed by atoms with van der Waals surface area (Å²) in [5, 5.41) is 5.33. The van der Waals surface area contributed by atoms with Crippen LogP contribution < -0.4 is 16.2 Å². The Labute approximate surface area is 124 Å². The van der Waals surface area contributed by atoms with Crippen molar-refractivity contribution in [2.24, 2.45) is 0 Å². The third-order valence-corrected chi connectivity index (χ3v) is 3.54. The molecule has 2 heterocycles. The molecule has 2 aromatic rings. The highest BCUT2D eigenvalue weighted by Crippen LogP contribution is 2.15. The maximum atomic E-state index is 12.4. The van der Waals surface area contributed by atoms with E-state index in [0.29, 0.717) is 10.9 Å². The number of carbonyl (C=O) groups excluding carboxylic acids is 3. The van der Waals surface area contributed by atoms with Crippen molar-refractivity contribution in [1.29, 1.82) is 0 Å². The van der Waals surface area contributed by atoms with Crippen molar-refractivity contribution in [2.45, 2.75) is 18.9 Å². The predicted octanol–water partition coefficient (Wildman–Crippen LogP) is 0.0631. The number of hydrogen-bond donors (Lipinski definition) is 3. The third kappa shape index (κ3) is 2.60. The van der Waals surface area contributed by atoms with Gasteiger partial charge in [0.25, 0.3) is 5.91 Å². The summed E-state index contributed by atoms with van der Waals surface area (Å²) in [6.07, 6.45) is 0.421. The van der Waals surface area contributed by atoms with Crippen LogP contribution >= 0.6 is 0 Å². The molecule has 3 N–H and O–H groups in total. The molecular weight excluding hydrogens is 286 g/mol. The number of rotatable bonds is 2. The van der Waals surface area contributed by atoms with E-state index in [-0.39, 0.29) is 24.3 Å². The summed E-state index contributed by atoms with van der Waals surface area (Å²) in [7, 11) is 0. The molecule has 22 heavy (non-hydrogen) atoms. The van der Waals surface area contributed by atoms with Crippen LogP contribution in [-0.2, 0) is 9.59 Å². The summed E-state index contributed by atoms with van der Waals surface area (Å²) in [5.41, 5.74) is 0.347. The van der Waals surface area contributed by atoms with Gasteiger partial charge in [0, 0.05) is 23.4 Å². The van der Waals surface area contributed by atoms with E-state index in [9.17, 15) is 19.2 Å². The number of imide groups is 1. The summed E-state index contributed by atoms with van der Waals surface area (Å²) in [6, 6.07) is 7.33. The van der Waals surface area contributed by atoms with Crippen LogP contribution in [0.2, 0.25) is 0 Å². The van der Waals surface area contributed by atoms with Gasteiger partial charge in [-0.15, -0.1) is 0 Å². The Kier molecular flexibility index (Phi) is 3.46. The average Bonchev–Trinajstić information content (AvgIpc) is 2.49. The summed E-state index contributed by atoms with van der Waals surface area (Å²) in [5.74, 6) is -1.40. The second kappa shape index (κ2) is 5.44. The van der Waals surface area contributed by atoms with E-state index in [1.807, 2.05) is 0 Å². The van der Waals surface area contributed by atoms with Gasteiger partial charge in [0.2, 0.25) is 17.4 Å². The second-order valence-corrected chi connectivity index (χ2v) is 5.07. The molecule has 1 aromatic heterocycles. The molecule has 0 aliphatic carbocycles. The zero-order chi connectivity index (χ0) is 15.7. The molecule has 7 heteroatoms. The number of nitrogens with one attached hydrogen (secondary N) is 3. The van der Waals surface area contributed by atoms with Gasteiger partial charge in [-0.2, -0.15) is 0 Å². The summed E-state index contributed by atoms with van der Waals surface area (Å²) in [4.78, 5) is 49.5. The number of fused-ring (bicyclic) bond motifs is 1. The van der Waals surface area contributed by atoms with Gasteiger partial charge in [0.15, 0.2) is 0 Å². The van der Waals surface area contributed by atoms with E-state index in [2.05, 4.69) is 15.6 Å². The maximum absolute atomic E-state index is 12.4. The molecule has 0 radical (unpaired) electrons. The van der Waals surface area contributed by atoms with Crippen molar-refractivity contribution in [2.75, 3.05) is 0 Å². The quantitative estimate of drug-likeness (QED) is 0.681. The molecule has 0 spiro atoms. The number of para-hydroxylation sites is 1. The first kappa shape index (κ1) is 14.0. The lowest BCUT2D eigenvalue weighted by Gasteiger charge is -2.22. The average molecular weight is 299 g/mol. The lowest BCUT2D eigenvalue weighted by atomic mass is 10.0. The predicted molar refractivity (Wildman–Crippen MR) is 78.2 cm³/mol. The molecular formula is C15H13N3O4. The minimum atomic E-state index is -0.775. The first-order valence-corrected chi connectivity index (χ1v) is 6.81. The number of hydrogen-bond acceptors (Lipinski definition) is 4. The van der Waals surface area contributed by atoms with Crippen molar-refractivity contribution in [1.82, 2.24) is 15.6 Å². The molecule has 1 atom stereocenters. The highest BCUT2D eigenvalue weighted by atomic mass is 16.2. The van der Waals surface area contributed by atoms with E-state index in [4.69, 9.17) is 0 Å².